The Hall–Kier alpha value is -2.70. The maximum absolute atomic E-state index is 14.7. The van der Waals surface area contributed by atoms with E-state index in [1.54, 1.807) is 30.3 Å². The maximum Gasteiger partial charge on any atom is 0.290 e. The Balaban J connectivity index is 1.91. The van der Waals surface area contributed by atoms with E-state index in [-0.39, 0.29) is 33.3 Å². The standard InChI is InChI=1S/C22H20ClFN2O3/c1-25(2)10-5-11-26-19(14-6-3-4-7-16(14)24)18-20(27)15-12-13(23)8-9-17(15)29-21(18)22(26)28/h3-4,6-9,12,19H,5,10-11H2,1-2H3/t19-/m1/s1. The molecule has 2 aromatic carbocycles. The third-order valence-corrected chi connectivity index (χ3v) is 5.37. The number of fused-ring (bicyclic) bond motifs is 2. The van der Waals surface area contributed by atoms with Crippen LogP contribution in [0.1, 0.15) is 34.1 Å². The molecule has 0 aliphatic carbocycles. The zero-order valence-electron chi connectivity index (χ0n) is 16.1. The van der Waals surface area contributed by atoms with Crippen LogP contribution < -0.4 is 5.43 Å². The van der Waals surface area contributed by atoms with Gasteiger partial charge in [0.2, 0.25) is 5.76 Å². The van der Waals surface area contributed by atoms with Crippen molar-refractivity contribution in [1.29, 1.82) is 0 Å². The summed E-state index contributed by atoms with van der Waals surface area (Å²) >= 11 is 6.05. The molecule has 2 heterocycles. The van der Waals surface area contributed by atoms with E-state index in [1.165, 1.54) is 17.0 Å². The predicted molar refractivity (Wildman–Crippen MR) is 110 cm³/mol. The van der Waals surface area contributed by atoms with Crippen molar-refractivity contribution in [2.75, 3.05) is 27.2 Å². The SMILES string of the molecule is CN(C)CCCN1C(=O)c2oc3ccc(Cl)cc3c(=O)c2[C@H]1c1ccccc1F. The fourth-order valence-electron chi connectivity index (χ4n) is 3.80. The van der Waals surface area contributed by atoms with Crippen molar-refractivity contribution in [2.24, 2.45) is 0 Å². The van der Waals surface area contributed by atoms with Crippen molar-refractivity contribution in [3.05, 3.63) is 80.4 Å². The molecule has 0 radical (unpaired) electrons. The van der Waals surface area contributed by atoms with Crippen molar-refractivity contribution in [2.45, 2.75) is 12.5 Å². The number of carbonyl (C=O) groups is 1. The minimum atomic E-state index is -0.833. The highest BCUT2D eigenvalue weighted by molar-refractivity contribution is 6.31. The number of benzene rings is 2. The molecule has 0 bridgehead atoms. The molecule has 0 saturated heterocycles. The molecule has 0 saturated carbocycles. The number of rotatable bonds is 5. The lowest BCUT2D eigenvalue weighted by Crippen LogP contribution is -2.32. The molecule has 7 heteroatoms. The topological polar surface area (TPSA) is 53.8 Å². The van der Waals surface area contributed by atoms with Gasteiger partial charge >= 0.3 is 0 Å². The third-order valence-electron chi connectivity index (χ3n) is 5.13. The number of hydrogen-bond acceptors (Lipinski definition) is 4. The summed E-state index contributed by atoms with van der Waals surface area (Å²) in [7, 11) is 3.88. The van der Waals surface area contributed by atoms with Crippen LogP contribution in [-0.2, 0) is 0 Å². The van der Waals surface area contributed by atoms with E-state index in [9.17, 15) is 14.0 Å². The van der Waals surface area contributed by atoms with Gasteiger partial charge in [-0.05, 0) is 51.3 Å². The van der Waals surface area contributed by atoms with Gasteiger partial charge in [0.15, 0.2) is 5.43 Å². The average molecular weight is 415 g/mol. The molecule has 4 rings (SSSR count). The van der Waals surface area contributed by atoms with Crippen LogP contribution >= 0.6 is 11.6 Å². The van der Waals surface area contributed by atoms with E-state index in [4.69, 9.17) is 16.0 Å². The molecule has 0 fully saturated rings. The zero-order valence-corrected chi connectivity index (χ0v) is 16.9. The van der Waals surface area contributed by atoms with Gasteiger partial charge in [-0.15, -0.1) is 0 Å². The summed E-state index contributed by atoms with van der Waals surface area (Å²) in [5.41, 5.74) is 0.368. The lowest BCUT2D eigenvalue weighted by atomic mass is 9.98. The Bertz CT molecular complexity index is 1160. The van der Waals surface area contributed by atoms with Crippen molar-refractivity contribution >= 4 is 28.5 Å². The maximum atomic E-state index is 14.7. The van der Waals surface area contributed by atoms with Crippen LogP contribution in [0.25, 0.3) is 11.0 Å². The van der Waals surface area contributed by atoms with Crippen molar-refractivity contribution in [3.8, 4) is 0 Å². The molecule has 1 amide bonds. The summed E-state index contributed by atoms with van der Waals surface area (Å²) in [6, 6.07) is 10.1. The van der Waals surface area contributed by atoms with Gasteiger partial charge in [0, 0.05) is 17.1 Å². The van der Waals surface area contributed by atoms with E-state index in [1.807, 2.05) is 19.0 Å². The first kappa shape index (κ1) is 19.6. The van der Waals surface area contributed by atoms with Crippen molar-refractivity contribution in [1.82, 2.24) is 9.80 Å². The fourth-order valence-corrected chi connectivity index (χ4v) is 3.97. The van der Waals surface area contributed by atoms with Crippen LogP contribution in [0.3, 0.4) is 0 Å². The van der Waals surface area contributed by atoms with E-state index in [0.29, 0.717) is 18.0 Å². The molecule has 3 aromatic rings. The number of nitrogens with zero attached hydrogens (tertiary/aromatic N) is 2. The molecule has 0 unspecified atom stereocenters. The number of halogens is 2. The summed E-state index contributed by atoms with van der Waals surface area (Å²) in [6.45, 7) is 1.12. The second kappa shape index (κ2) is 7.61. The molecule has 1 atom stereocenters. The summed E-state index contributed by atoms with van der Waals surface area (Å²) in [4.78, 5) is 30.0. The van der Waals surface area contributed by atoms with Gasteiger partial charge in [0.05, 0.1) is 17.0 Å². The lowest BCUT2D eigenvalue weighted by molar-refractivity contribution is 0.0720. The van der Waals surface area contributed by atoms with Gasteiger partial charge < -0.3 is 14.2 Å². The van der Waals surface area contributed by atoms with E-state index in [2.05, 4.69) is 0 Å². The Morgan fingerprint density at radius 2 is 1.93 bits per heavy atom. The van der Waals surface area contributed by atoms with Crippen LogP contribution in [0.5, 0.6) is 0 Å². The van der Waals surface area contributed by atoms with E-state index >= 15 is 0 Å². The summed E-state index contributed by atoms with van der Waals surface area (Å²) in [5.74, 6) is -0.898. The first-order chi connectivity index (χ1) is 13.9. The molecular formula is C22H20ClFN2O3. The monoisotopic (exact) mass is 414 g/mol. The molecule has 0 spiro atoms. The molecular weight excluding hydrogens is 395 g/mol. The van der Waals surface area contributed by atoms with Crippen molar-refractivity contribution < 1.29 is 13.6 Å². The van der Waals surface area contributed by atoms with Gasteiger partial charge in [0.25, 0.3) is 5.91 Å². The highest BCUT2D eigenvalue weighted by Gasteiger charge is 2.43. The van der Waals surface area contributed by atoms with E-state index < -0.39 is 17.8 Å². The Kier molecular flexibility index (Phi) is 5.15. The quantitative estimate of drug-likeness (QED) is 0.631. The van der Waals surface area contributed by atoms with Gasteiger partial charge in [-0.2, -0.15) is 0 Å². The summed E-state index contributed by atoms with van der Waals surface area (Å²) in [6.07, 6.45) is 0.678. The second-order valence-electron chi connectivity index (χ2n) is 7.39. The largest absolute Gasteiger partial charge is 0.450 e. The molecule has 1 aliphatic heterocycles. The van der Waals surface area contributed by atoms with Gasteiger partial charge in [-0.1, -0.05) is 29.8 Å². The van der Waals surface area contributed by atoms with Crippen LogP contribution in [-0.4, -0.2) is 42.9 Å². The first-order valence-electron chi connectivity index (χ1n) is 9.35. The highest BCUT2D eigenvalue weighted by Crippen LogP contribution is 2.39. The van der Waals surface area contributed by atoms with Gasteiger partial charge in [-0.25, -0.2) is 4.39 Å². The lowest BCUT2D eigenvalue weighted by Gasteiger charge is -2.26. The molecule has 1 aromatic heterocycles. The van der Waals surface area contributed by atoms with Crippen LogP contribution in [0.4, 0.5) is 4.39 Å². The van der Waals surface area contributed by atoms with E-state index in [0.717, 1.165) is 6.54 Å². The second-order valence-corrected chi connectivity index (χ2v) is 7.83. The smallest absolute Gasteiger partial charge is 0.290 e. The van der Waals surface area contributed by atoms with Crippen LogP contribution in [0, 0.1) is 5.82 Å². The predicted octanol–water partition coefficient (Wildman–Crippen LogP) is 4.08. The third kappa shape index (κ3) is 3.43. The molecule has 5 nitrogen and oxygen atoms in total. The first-order valence-corrected chi connectivity index (χ1v) is 9.72. The summed E-state index contributed by atoms with van der Waals surface area (Å²) < 4.78 is 20.5. The van der Waals surface area contributed by atoms with Crippen molar-refractivity contribution in [3.63, 3.8) is 0 Å². The van der Waals surface area contributed by atoms with Crippen LogP contribution in [0.2, 0.25) is 5.02 Å². The fraction of sp³-hybridized carbons (Fsp3) is 0.273. The van der Waals surface area contributed by atoms with Gasteiger partial charge in [-0.3, -0.25) is 9.59 Å². The molecule has 1 aliphatic rings. The highest BCUT2D eigenvalue weighted by atomic mass is 35.5. The Labute approximate surface area is 172 Å². The number of amides is 1. The summed E-state index contributed by atoms with van der Waals surface area (Å²) in [5, 5.41) is 0.667. The van der Waals surface area contributed by atoms with Crippen LogP contribution in [0.15, 0.2) is 51.7 Å². The minimum absolute atomic E-state index is 0.0251. The Morgan fingerprint density at radius 3 is 2.66 bits per heavy atom. The normalized spacial score (nSPS) is 16.1. The molecule has 0 N–H and O–H groups in total. The number of carbonyl (C=O) groups excluding carboxylic acids is 1. The minimum Gasteiger partial charge on any atom is -0.450 e. The zero-order chi connectivity index (χ0) is 20.7. The average Bonchev–Trinajstić information content (AvgIpc) is 2.95. The Morgan fingerprint density at radius 1 is 1.17 bits per heavy atom. The van der Waals surface area contributed by atoms with Gasteiger partial charge in [0.1, 0.15) is 11.4 Å². The number of hydrogen-bond donors (Lipinski definition) is 0. The molecule has 150 valence electrons. The molecule has 29 heavy (non-hydrogen) atoms.